The maximum atomic E-state index is 12.1. The summed E-state index contributed by atoms with van der Waals surface area (Å²) in [6.07, 6.45) is 6.56. The lowest BCUT2D eigenvalue weighted by atomic mass is 9.85. The Labute approximate surface area is 110 Å². The molecule has 1 saturated heterocycles. The van der Waals surface area contributed by atoms with E-state index in [-0.39, 0.29) is 6.29 Å². The molecular formula is C14H25NO3. The summed E-state index contributed by atoms with van der Waals surface area (Å²) in [5, 5.41) is 0. The SMILES string of the molecule is CN(CCC(=O)C1CCCCC1)CC1OCCO1. The van der Waals surface area contributed by atoms with Gasteiger partial charge in [-0.2, -0.15) is 0 Å². The summed E-state index contributed by atoms with van der Waals surface area (Å²) in [5.74, 6) is 0.793. The Kier molecular flexibility index (Phi) is 5.60. The largest absolute Gasteiger partial charge is 0.349 e. The van der Waals surface area contributed by atoms with Gasteiger partial charge in [0, 0.05) is 25.4 Å². The molecule has 2 rings (SSSR count). The average molecular weight is 255 g/mol. The van der Waals surface area contributed by atoms with E-state index in [1.165, 1.54) is 19.3 Å². The van der Waals surface area contributed by atoms with E-state index < -0.39 is 0 Å². The number of hydrogen-bond acceptors (Lipinski definition) is 4. The van der Waals surface area contributed by atoms with Crippen LogP contribution in [0.1, 0.15) is 38.5 Å². The molecule has 2 aliphatic rings. The normalized spacial score (nSPS) is 22.8. The highest BCUT2D eigenvalue weighted by molar-refractivity contribution is 5.81. The van der Waals surface area contributed by atoms with Gasteiger partial charge in [0.25, 0.3) is 0 Å². The maximum absolute atomic E-state index is 12.1. The van der Waals surface area contributed by atoms with Crippen molar-refractivity contribution in [3.8, 4) is 0 Å². The lowest BCUT2D eigenvalue weighted by molar-refractivity contribution is -0.124. The van der Waals surface area contributed by atoms with Crippen molar-refractivity contribution < 1.29 is 14.3 Å². The van der Waals surface area contributed by atoms with Gasteiger partial charge < -0.3 is 14.4 Å². The van der Waals surface area contributed by atoms with E-state index in [1.807, 2.05) is 7.05 Å². The molecule has 0 spiro atoms. The zero-order valence-electron chi connectivity index (χ0n) is 11.4. The number of likely N-dealkylation sites (N-methyl/N-ethyl adjacent to an activating group) is 1. The summed E-state index contributed by atoms with van der Waals surface area (Å²) in [6.45, 7) is 2.97. The van der Waals surface area contributed by atoms with Gasteiger partial charge in [0.2, 0.25) is 0 Å². The molecule has 0 atom stereocenters. The fourth-order valence-corrected chi connectivity index (χ4v) is 2.79. The molecule has 0 amide bonds. The molecule has 1 aliphatic carbocycles. The second kappa shape index (κ2) is 7.22. The number of ether oxygens (including phenoxy) is 2. The van der Waals surface area contributed by atoms with E-state index in [0.717, 1.165) is 25.9 Å². The van der Waals surface area contributed by atoms with Crippen LogP contribution in [0.4, 0.5) is 0 Å². The molecule has 1 heterocycles. The van der Waals surface area contributed by atoms with Gasteiger partial charge in [0.05, 0.1) is 13.2 Å². The molecule has 4 nitrogen and oxygen atoms in total. The molecule has 0 aromatic heterocycles. The van der Waals surface area contributed by atoms with Gasteiger partial charge in [-0.15, -0.1) is 0 Å². The first kappa shape index (κ1) is 14.0. The van der Waals surface area contributed by atoms with Gasteiger partial charge >= 0.3 is 0 Å². The smallest absolute Gasteiger partial charge is 0.170 e. The number of ketones is 1. The van der Waals surface area contributed by atoms with Crippen molar-refractivity contribution in [3.63, 3.8) is 0 Å². The molecule has 0 radical (unpaired) electrons. The summed E-state index contributed by atoms with van der Waals surface area (Å²) in [7, 11) is 2.03. The van der Waals surface area contributed by atoms with Crippen LogP contribution >= 0.6 is 0 Å². The maximum Gasteiger partial charge on any atom is 0.170 e. The Balaban J connectivity index is 1.61. The van der Waals surface area contributed by atoms with E-state index >= 15 is 0 Å². The first-order chi connectivity index (χ1) is 8.75. The van der Waals surface area contributed by atoms with Gasteiger partial charge in [0.1, 0.15) is 5.78 Å². The zero-order chi connectivity index (χ0) is 12.8. The summed E-state index contributed by atoms with van der Waals surface area (Å²) in [6, 6.07) is 0. The first-order valence-electron chi connectivity index (χ1n) is 7.20. The topological polar surface area (TPSA) is 38.8 Å². The van der Waals surface area contributed by atoms with E-state index in [9.17, 15) is 4.79 Å². The Morgan fingerprint density at radius 1 is 1.17 bits per heavy atom. The highest BCUT2D eigenvalue weighted by Gasteiger charge is 2.22. The average Bonchev–Trinajstić information content (AvgIpc) is 2.90. The number of rotatable bonds is 6. The quantitative estimate of drug-likeness (QED) is 0.726. The third kappa shape index (κ3) is 4.34. The molecule has 4 heteroatoms. The Morgan fingerprint density at radius 2 is 1.83 bits per heavy atom. The summed E-state index contributed by atoms with van der Waals surface area (Å²) >= 11 is 0. The van der Waals surface area contributed by atoms with Crippen LogP contribution < -0.4 is 0 Å². The fraction of sp³-hybridized carbons (Fsp3) is 0.929. The molecular weight excluding hydrogens is 230 g/mol. The second-order valence-corrected chi connectivity index (χ2v) is 5.48. The van der Waals surface area contributed by atoms with Crippen molar-refractivity contribution in [3.05, 3.63) is 0 Å². The van der Waals surface area contributed by atoms with Crippen molar-refractivity contribution in [2.24, 2.45) is 5.92 Å². The predicted octanol–water partition coefficient (Wildman–Crippen LogP) is 1.83. The van der Waals surface area contributed by atoms with E-state index in [1.54, 1.807) is 0 Å². The highest BCUT2D eigenvalue weighted by atomic mass is 16.7. The predicted molar refractivity (Wildman–Crippen MR) is 69.4 cm³/mol. The summed E-state index contributed by atoms with van der Waals surface area (Å²) in [5.41, 5.74) is 0. The van der Waals surface area contributed by atoms with Gasteiger partial charge in [-0.05, 0) is 19.9 Å². The molecule has 1 saturated carbocycles. The molecule has 0 aromatic carbocycles. The van der Waals surface area contributed by atoms with Crippen molar-refractivity contribution in [1.29, 1.82) is 0 Å². The van der Waals surface area contributed by atoms with Crippen LogP contribution in [-0.2, 0) is 14.3 Å². The first-order valence-corrected chi connectivity index (χ1v) is 7.20. The molecule has 0 N–H and O–H groups in total. The highest BCUT2D eigenvalue weighted by Crippen LogP contribution is 2.25. The van der Waals surface area contributed by atoms with E-state index in [2.05, 4.69) is 4.90 Å². The lowest BCUT2D eigenvalue weighted by Crippen LogP contribution is -2.32. The minimum Gasteiger partial charge on any atom is -0.349 e. The van der Waals surface area contributed by atoms with Gasteiger partial charge in [-0.1, -0.05) is 19.3 Å². The second-order valence-electron chi connectivity index (χ2n) is 5.48. The van der Waals surface area contributed by atoms with Crippen LogP contribution in [0.5, 0.6) is 0 Å². The molecule has 0 aromatic rings. The minimum absolute atomic E-state index is 0.0974. The minimum atomic E-state index is -0.0974. The van der Waals surface area contributed by atoms with Crippen LogP contribution in [0.2, 0.25) is 0 Å². The van der Waals surface area contributed by atoms with E-state index in [4.69, 9.17) is 9.47 Å². The van der Waals surface area contributed by atoms with Crippen LogP contribution in [0.15, 0.2) is 0 Å². The van der Waals surface area contributed by atoms with Crippen LogP contribution in [0.25, 0.3) is 0 Å². The summed E-state index contributed by atoms with van der Waals surface area (Å²) < 4.78 is 10.8. The third-order valence-corrected chi connectivity index (χ3v) is 3.95. The Bertz CT molecular complexity index is 258. The zero-order valence-corrected chi connectivity index (χ0v) is 11.4. The molecule has 1 aliphatic heterocycles. The number of carbonyl (C=O) groups excluding carboxylic acids is 1. The van der Waals surface area contributed by atoms with Crippen molar-refractivity contribution in [2.45, 2.75) is 44.8 Å². The molecule has 0 unspecified atom stereocenters. The third-order valence-electron chi connectivity index (χ3n) is 3.95. The van der Waals surface area contributed by atoms with Gasteiger partial charge in [0.15, 0.2) is 6.29 Å². The number of carbonyl (C=O) groups is 1. The molecule has 2 fully saturated rings. The van der Waals surface area contributed by atoms with Crippen LogP contribution in [-0.4, -0.2) is 50.3 Å². The fourth-order valence-electron chi connectivity index (χ4n) is 2.79. The molecule has 0 bridgehead atoms. The van der Waals surface area contributed by atoms with Crippen LogP contribution in [0, 0.1) is 5.92 Å². The van der Waals surface area contributed by atoms with Gasteiger partial charge in [-0.25, -0.2) is 0 Å². The Hall–Kier alpha value is -0.450. The standard InChI is InChI=1S/C14H25NO3/c1-15(11-14-17-9-10-18-14)8-7-13(16)12-5-3-2-4-6-12/h12,14H,2-11H2,1H3. The molecule has 104 valence electrons. The number of nitrogens with zero attached hydrogens (tertiary/aromatic N) is 1. The number of Topliss-reactive ketones (excluding diaryl/α,β-unsaturated/α-hetero) is 1. The Morgan fingerprint density at radius 3 is 2.50 bits per heavy atom. The van der Waals surface area contributed by atoms with E-state index in [0.29, 0.717) is 31.3 Å². The van der Waals surface area contributed by atoms with Crippen LogP contribution in [0.3, 0.4) is 0 Å². The number of hydrogen-bond donors (Lipinski definition) is 0. The van der Waals surface area contributed by atoms with Crippen molar-refractivity contribution in [1.82, 2.24) is 4.90 Å². The monoisotopic (exact) mass is 255 g/mol. The summed E-state index contributed by atoms with van der Waals surface area (Å²) in [4.78, 5) is 14.2. The van der Waals surface area contributed by atoms with Gasteiger partial charge in [-0.3, -0.25) is 4.79 Å². The van der Waals surface area contributed by atoms with Crippen molar-refractivity contribution >= 4 is 5.78 Å². The van der Waals surface area contributed by atoms with Crippen molar-refractivity contribution in [2.75, 3.05) is 33.4 Å². The molecule has 18 heavy (non-hydrogen) atoms. The lowest BCUT2D eigenvalue weighted by Gasteiger charge is -2.23.